The summed E-state index contributed by atoms with van der Waals surface area (Å²) in [7, 11) is 0. The third kappa shape index (κ3) is 2.16. The minimum absolute atomic E-state index is 0.338. The number of hydrogen-bond donors (Lipinski definition) is 0. The maximum absolute atomic E-state index is 11.9. The molecule has 2 heterocycles. The van der Waals surface area contributed by atoms with Crippen molar-refractivity contribution in [3.05, 3.63) is 60.4 Å². The summed E-state index contributed by atoms with van der Waals surface area (Å²) < 4.78 is 6.83. The molecule has 0 N–H and O–H groups in total. The van der Waals surface area contributed by atoms with Crippen molar-refractivity contribution in [1.82, 2.24) is 9.38 Å². The summed E-state index contributed by atoms with van der Waals surface area (Å²) in [6, 6.07) is 15.3. The normalized spacial score (nSPS) is 10.7. The lowest BCUT2D eigenvalue weighted by Crippen LogP contribution is -2.09. The van der Waals surface area contributed by atoms with Crippen LogP contribution in [0.25, 0.3) is 16.9 Å². The quantitative estimate of drug-likeness (QED) is 0.684. The van der Waals surface area contributed by atoms with Crippen molar-refractivity contribution in [2.24, 2.45) is 0 Å². The Balaban J connectivity index is 2.12. The topological polar surface area (TPSA) is 43.6 Å². The molecule has 2 aromatic heterocycles. The molecule has 4 nitrogen and oxygen atoms in total. The smallest absolute Gasteiger partial charge is 0.355 e. The van der Waals surface area contributed by atoms with Gasteiger partial charge in [-0.2, -0.15) is 0 Å². The molecule has 0 fully saturated rings. The van der Waals surface area contributed by atoms with Gasteiger partial charge in [0.2, 0.25) is 0 Å². The monoisotopic (exact) mass is 266 g/mol. The van der Waals surface area contributed by atoms with E-state index in [1.165, 1.54) is 0 Å². The number of carbonyl (C=O) groups excluding carboxylic acids is 1. The van der Waals surface area contributed by atoms with E-state index in [1.54, 1.807) is 17.4 Å². The SMILES string of the molecule is CCOC(=O)c1cccc2nc(-c3ccccc3)cn12. The number of hydrogen-bond acceptors (Lipinski definition) is 3. The number of esters is 1. The fourth-order valence-corrected chi connectivity index (χ4v) is 2.13. The number of benzene rings is 1. The van der Waals surface area contributed by atoms with E-state index in [0.29, 0.717) is 12.3 Å². The maximum Gasteiger partial charge on any atom is 0.355 e. The number of imidazole rings is 1. The first-order valence-electron chi connectivity index (χ1n) is 6.50. The highest BCUT2D eigenvalue weighted by Gasteiger charge is 2.13. The van der Waals surface area contributed by atoms with Gasteiger partial charge in [-0.1, -0.05) is 36.4 Å². The molecule has 20 heavy (non-hydrogen) atoms. The zero-order valence-electron chi connectivity index (χ0n) is 11.1. The first-order chi connectivity index (χ1) is 9.79. The average molecular weight is 266 g/mol. The average Bonchev–Trinajstić information content (AvgIpc) is 2.92. The van der Waals surface area contributed by atoms with Crippen LogP contribution in [0.3, 0.4) is 0 Å². The van der Waals surface area contributed by atoms with Gasteiger partial charge >= 0.3 is 5.97 Å². The summed E-state index contributed by atoms with van der Waals surface area (Å²) in [5, 5.41) is 0. The zero-order chi connectivity index (χ0) is 13.9. The van der Waals surface area contributed by atoms with Crippen molar-refractivity contribution in [3.63, 3.8) is 0 Å². The third-order valence-corrected chi connectivity index (χ3v) is 3.05. The first-order valence-corrected chi connectivity index (χ1v) is 6.50. The summed E-state index contributed by atoms with van der Waals surface area (Å²) in [5.41, 5.74) is 3.07. The molecular formula is C16H14N2O2. The van der Waals surface area contributed by atoms with Crippen LogP contribution in [-0.2, 0) is 4.74 Å². The van der Waals surface area contributed by atoms with Crippen LogP contribution in [0.15, 0.2) is 54.7 Å². The van der Waals surface area contributed by atoms with Crippen LogP contribution in [0.1, 0.15) is 17.4 Å². The van der Waals surface area contributed by atoms with Crippen molar-refractivity contribution in [2.45, 2.75) is 6.92 Å². The minimum Gasteiger partial charge on any atom is -0.461 e. The number of aromatic nitrogens is 2. The van der Waals surface area contributed by atoms with E-state index in [0.717, 1.165) is 16.9 Å². The molecule has 0 atom stereocenters. The van der Waals surface area contributed by atoms with E-state index in [4.69, 9.17) is 4.74 Å². The molecule has 4 heteroatoms. The van der Waals surface area contributed by atoms with Crippen molar-refractivity contribution >= 4 is 11.6 Å². The van der Waals surface area contributed by atoms with Gasteiger partial charge in [-0.15, -0.1) is 0 Å². The molecule has 3 rings (SSSR count). The molecule has 0 radical (unpaired) electrons. The Morgan fingerprint density at radius 2 is 1.95 bits per heavy atom. The molecule has 0 saturated carbocycles. The lowest BCUT2D eigenvalue weighted by molar-refractivity contribution is 0.0518. The number of fused-ring (bicyclic) bond motifs is 1. The van der Waals surface area contributed by atoms with E-state index in [1.807, 2.05) is 48.7 Å². The van der Waals surface area contributed by atoms with Crippen LogP contribution in [0, 0.1) is 0 Å². The van der Waals surface area contributed by atoms with E-state index in [9.17, 15) is 4.79 Å². The summed E-state index contributed by atoms with van der Waals surface area (Å²) in [4.78, 5) is 16.5. The van der Waals surface area contributed by atoms with Gasteiger partial charge in [0.05, 0.1) is 12.3 Å². The van der Waals surface area contributed by atoms with Gasteiger partial charge in [-0.25, -0.2) is 9.78 Å². The Morgan fingerprint density at radius 1 is 1.15 bits per heavy atom. The Bertz CT molecular complexity index is 748. The fraction of sp³-hybridized carbons (Fsp3) is 0.125. The lowest BCUT2D eigenvalue weighted by atomic mass is 10.2. The molecule has 0 unspecified atom stereocenters. The van der Waals surface area contributed by atoms with Crippen molar-refractivity contribution < 1.29 is 9.53 Å². The number of ether oxygens (including phenoxy) is 1. The number of carbonyl (C=O) groups is 1. The van der Waals surface area contributed by atoms with Gasteiger partial charge in [0.25, 0.3) is 0 Å². The van der Waals surface area contributed by atoms with Gasteiger partial charge in [0, 0.05) is 11.8 Å². The molecule has 1 aromatic carbocycles. The van der Waals surface area contributed by atoms with Gasteiger partial charge in [0.1, 0.15) is 11.3 Å². The van der Waals surface area contributed by atoms with E-state index in [2.05, 4.69) is 4.98 Å². The van der Waals surface area contributed by atoms with Gasteiger partial charge < -0.3 is 4.74 Å². The molecular weight excluding hydrogens is 252 g/mol. The number of nitrogens with zero attached hydrogens (tertiary/aromatic N) is 2. The Kier molecular flexibility index (Phi) is 3.21. The van der Waals surface area contributed by atoms with E-state index in [-0.39, 0.29) is 5.97 Å². The minimum atomic E-state index is -0.338. The second kappa shape index (κ2) is 5.17. The second-order valence-corrected chi connectivity index (χ2v) is 4.35. The first kappa shape index (κ1) is 12.4. The highest BCUT2D eigenvalue weighted by Crippen LogP contribution is 2.20. The summed E-state index contributed by atoms with van der Waals surface area (Å²) in [6.45, 7) is 2.15. The largest absolute Gasteiger partial charge is 0.461 e. The highest BCUT2D eigenvalue weighted by molar-refractivity contribution is 5.88. The van der Waals surface area contributed by atoms with Gasteiger partial charge in [-0.3, -0.25) is 4.40 Å². The summed E-state index contributed by atoms with van der Waals surface area (Å²) in [6.07, 6.45) is 1.86. The molecule has 0 aliphatic rings. The van der Waals surface area contributed by atoms with Crippen LogP contribution in [0.5, 0.6) is 0 Å². The fourth-order valence-electron chi connectivity index (χ4n) is 2.13. The molecule has 0 bridgehead atoms. The predicted octanol–water partition coefficient (Wildman–Crippen LogP) is 3.18. The molecule has 0 amide bonds. The maximum atomic E-state index is 11.9. The van der Waals surface area contributed by atoms with Gasteiger partial charge in [0.15, 0.2) is 0 Å². The summed E-state index contributed by atoms with van der Waals surface area (Å²) in [5.74, 6) is -0.338. The molecule has 100 valence electrons. The van der Waals surface area contributed by atoms with Crippen LogP contribution < -0.4 is 0 Å². The Morgan fingerprint density at radius 3 is 2.70 bits per heavy atom. The van der Waals surface area contributed by atoms with Crippen molar-refractivity contribution in [3.8, 4) is 11.3 Å². The molecule has 3 aromatic rings. The summed E-state index contributed by atoms with van der Waals surface area (Å²) >= 11 is 0. The molecule has 0 saturated heterocycles. The Labute approximate surface area is 116 Å². The lowest BCUT2D eigenvalue weighted by Gasteiger charge is -2.03. The van der Waals surface area contributed by atoms with Crippen molar-refractivity contribution in [1.29, 1.82) is 0 Å². The molecule has 0 spiro atoms. The highest BCUT2D eigenvalue weighted by atomic mass is 16.5. The van der Waals surface area contributed by atoms with Crippen molar-refractivity contribution in [2.75, 3.05) is 6.61 Å². The molecule has 0 aliphatic carbocycles. The van der Waals surface area contributed by atoms with Crippen LogP contribution in [0.4, 0.5) is 0 Å². The van der Waals surface area contributed by atoms with E-state index < -0.39 is 0 Å². The zero-order valence-corrected chi connectivity index (χ0v) is 11.1. The predicted molar refractivity (Wildman–Crippen MR) is 76.6 cm³/mol. The van der Waals surface area contributed by atoms with Crippen LogP contribution in [-0.4, -0.2) is 22.0 Å². The third-order valence-electron chi connectivity index (χ3n) is 3.05. The van der Waals surface area contributed by atoms with E-state index >= 15 is 0 Å². The van der Waals surface area contributed by atoms with Crippen LogP contribution in [0.2, 0.25) is 0 Å². The molecule has 0 aliphatic heterocycles. The standard InChI is InChI=1S/C16H14N2O2/c1-2-20-16(19)14-9-6-10-15-17-13(11-18(14)15)12-7-4-3-5-8-12/h3-11H,2H2,1H3. The Hall–Kier alpha value is -2.62. The van der Waals surface area contributed by atoms with Crippen LogP contribution >= 0.6 is 0 Å². The number of pyridine rings is 1. The van der Waals surface area contributed by atoms with Gasteiger partial charge in [-0.05, 0) is 19.1 Å². The number of rotatable bonds is 3. The second-order valence-electron chi connectivity index (χ2n) is 4.35.